The first-order valence-electron chi connectivity index (χ1n) is 10.1. The van der Waals surface area contributed by atoms with Gasteiger partial charge in [0.05, 0.1) is 13.2 Å². The van der Waals surface area contributed by atoms with Crippen molar-refractivity contribution in [2.24, 2.45) is 17.3 Å². The summed E-state index contributed by atoms with van der Waals surface area (Å²) in [6.07, 6.45) is 7.56. The normalized spacial score (nSPS) is 29.3. The van der Waals surface area contributed by atoms with E-state index in [0.717, 1.165) is 69.5 Å². The molecule has 1 aromatic heterocycles. The van der Waals surface area contributed by atoms with Crippen LogP contribution in [-0.4, -0.2) is 48.1 Å². The van der Waals surface area contributed by atoms with Gasteiger partial charge < -0.3 is 9.30 Å². The van der Waals surface area contributed by atoms with E-state index >= 15 is 0 Å². The number of hydrogen-bond acceptors (Lipinski definition) is 3. The summed E-state index contributed by atoms with van der Waals surface area (Å²) >= 11 is 0. The second-order valence-electron chi connectivity index (χ2n) is 8.80. The highest BCUT2D eigenvalue weighted by atomic mass is 16.5. The van der Waals surface area contributed by atoms with Gasteiger partial charge in [0.2, 0.25) is 0 Å². The second-order valence-corrected chi connectivity index (χ2v) is 8.80. The predicted octanol–water partition coefficient (Wildman–Crippen LogP) is 3.39. The molecule has 1 saturated carbocycles. The van der Waals surface area contributed by atoms with Crippen molar-refractivity contribution in [1.29, 1.82) is 0 Å². The minimum Gasteiger partial charge on any atom is -0.379 e. The van der Waals surface area contributed by atoms with Gasteiger partial charge in [-0.2, -0.15) is 0 Å². The van der Waals surface area contributed by atoms with Gasteiger partial charge in [-0.05, 0) is 49.0 Å². The van der Waals surface area contributed by atoms with Crippen LogP contribution in [0.2, 0.25) is 0 Å². The number of ketones is 1. The molecule has 4 rings (SSSR count). The molecule has 1 saturated heterocycles. The minimum absolute atomic E-state index is 0.342. The molecule has 4 nitrogen and oxygen atoms in total. The highest BCUT2D eigenvalue weighted by Crippen LogP contribution is 2.53. The van der Waals surface area contributed by atoms with Crippen LogP contribution in [0.1, 0.15) is 55.6 Å². The number of aryl methyl sites for hydroxylation is 1. The van der Waals surface area contributed by atoms with Crippen LogP contribution in [-0.2, 0) is 17.7 Å². The van der Waals surface area contributed by atoms with Crippen LogP contribution >= 0.6 is 0 Å². The number of carbonyl (C=O) groups is 1. The van der Waals surface area contributed by atoms with Crippen molar-refractivity contribution in [2.75, 3.05) is 32.8 Å². The SMILES string of the molecule is CC1(C)[C@@H](CN2CCOCC2)C[C@@H]1CCn1ccc2c1CCCC2=O. The van der Waals surface area contributed by atoms with Gasteiger partial charge in [0.25, 0.3) is 0 Å². The molecular formula is C21H32N2O2. The Balaban J connectivity index is 1.31. The first-order valence-corrected chi connectivity index (χ1v) is 10.1. The molecule has 2 atom stereocenters. The molecule has 0 amide bonds. The van der Waals surface area contributed by atoms with Crippen LogP contribution in [0.15, 0.2) is 12.3 Å². The van der Waals surface area contributed by atoms with E-state index in [1.807, 2.05) is 6.07 Å². The van der Waals surface area contributed by atoms with Gasteiger partial charge in [-0.3, -0.25) is 9.69 Å². The molecule has 1 aliphatic heterocycles. The third-order valence-electron chi connectivity index (χ3n) is 7.17. The first kappa shape index (κ1) is 17.3. The van der Waals surface area contributed by atoms with Gasteiger partial charge >= 0.3 is 0 Å². The number of carbonyl (C=O) groups excluding carboxylic acids is 1. The Kier molecular flexibility index (Phi) is 4.76. The lowest BCUT2D eigenvalue weighted by atomic mass is 9.53. The van der Waals surface area contributed by atoms with Crippen LogP contribution in [0.4, 0.5) is 0 Å². The third kappa shape index (κ3) is 3.31. The average molecular weight is 344 g/mol. The zero-order valence-electron chi connectivity index (χ0n) is 15.8. The Morgan fingerprint density at radius 2 is 2.00 bits per heavy atom. The molecule has 2 heterocycles. The fourth-order valence-electron chi connectivity index (χ4n) is 5.11. The Labute approximate surface area is 151 Å². The Morgan fingerprint density at radius 3 is 2.76 bits per heavy atom. The highest BCUT2D eigenvalue weighted by molar-refractivity contribution is 5.98. The fraction of sp³-hybridized carbons (Fsp3) is 0.762. The number of hydrogen-bond donors (Lipinski definition) is 0. The summed E-state index contributed by atoms with van der Waals surface area (Å²) in [5, 5.41) is 0. The van der Waals surface area contributed by atoms with E-state index in [1.165, 1.54) is 25.1 Å². The summed E-state index contributed by atoms with van der Waals surface area (Å²) in [5.41, 5.74) is 2.71. The summed E-state index contributed by atoms with van der Waals surface area (Å²) in [7, 11) is 0. The van der Waals surface area contributed by atoms with E-state index in [-0.39, 0.29) is 0 Å². The highest BCUT2D eigenvalue weighted by Gasteiger charge is 2.47. The maximum Gasteiger partial charge on any atom is 0.164 e. The Hall–Kier alpha value is -1.13. The molecule has 0 spiro atoms. The largest absolute Gasteiger partial charge is 0.379 e. The maximum absolute atomic E-state index is 12.0. The topological polar surface area (TPSA) is 34.5 Å². The van der Waals surface area contributed by atoms with Gasteiger partial charge in [-0.25, -0.2) is 0 Å². The van der Waals surface area contributed by atoms with E-state index < -0.39 is 0 Å². The monoisotopic (exact) mass is 344 g/mol. The number of aromatic nitrogens is 1. The van der Waals surface area contributed by atoms with Crippen LogP contribution < -0.4 is 0 Å². The van der Waals surface area contributed by atoms with E-state index in [9.17, 15) is 4.79 Å². The van der Waals surface area contributed by atoms with Gasteiger partial charge in [0.1, 0.15) is 0 Å². The number of ether oxygens (including phenoxy) is 1. The van der Waals surface area contributed by atoms with E-state index in [1.54, 1.807) is 0 Å². The Morgan fingerprint density at radius 1 is 1.20 bits per heavy atom. The van der Waals surface area contributed by atoms with E-state index in [4.69, 9.17) is 4.74 Å². The van der Waals surface area contributed by atoms with Crippen molar-refractivity contribution >= 4 is 5.78 Å². The smallest absolute Gasteiger partial charge is 0.164 e. The molecule has 25 heavy (non-hydrogen) atoms. The lowest BCUT2D eigenvalue weighted by Crippen LogP contribution is -2.52. The van der Waals surface area contributed by atoms with Crippen molar-refractivity contribution in [2.45, 2.75) is 52.5 Å². The van der Waals surface area contributed by atoms with Crippen LogP contribution in [0.3, 0.4) is 0 Å². The molecule has 2 aliphatic carbocycles. The quantitative estimate of drug-likeness (QED) is 0.821. The molecule has 0 bridgehead atoms. The molecule has 3 aliphatic rings. The van der Waals surface area contributed by atoms with E-state index in [0.29, 0.717) is 11.2 Å². The van der Waals surface area contributed by atoms with Crippen molar-refractivity contribution in [3.05, 3.63) is 23.5 Å². The van der Waals surface area contributed by atoms with Crippen LogP contribution in [0, 0.1) is 17.3 Å². The summed E-state index contributed by atoms with van der Waals surface area (Å²) < 4.78 is 7.83. The molecule has 2 fully saturated rings. The zero-order valence-corrected chi connectivity index (χ0v) is 15.8. The van der Waals surface area contributed by atoms with Crippen molar-refractivity contribution in [3.8, 4) is 0 Å². The standard InChI is InChI=1S/C21H32N2O2/c1-21(2)16(14-17(21)15-22-10-12-25-13-11-22)6-8-23-9-7-18-19(23)4-3-5-20(18)24/h7,9,16-17H,3-6,8,10-15H2,1-2H3/t16-,17+/m0/s1. The summed E-state index contributed by atoms with van der Waals surface area (Å²) in [4.78, 5) is 14.6. The number of rotatable bonds is 5. The molecule has 0 unspecified atom stereocenters. The second kappa shape index (κ2) is 6.88. The maximum atomic E-state index is 12.0. The third-order valence-corrected chi connectivity index (χ3v) is 7.17. The van der Waals surface area contributed by atoms with Gasteiger partial charge in [-0.1, -0.05) is 13.8 Å². The van der Waals surface area contributed by atoms with Crippen LogP contribution in [0.5, 0.6) is 0 Å². The summed E-state index contributed by atoms with van der Waals surface area (Å²) in [6, 6.07) is 2.05. The summed E-state index contributed by atoms with van der Waals surface area (Å²) in [6.45, 7) is 11.2. The number of nitrogens with zero attached hydrogens (tertiary/aromatic N) is 2. The van der Waals surface area contributed by atoms with Crippen LogP contribution in [0.25, 0.3) is 0 Å². The Bertz CT molecular complexity index is 628. The molecular weight excluding hydrogens is 312 g/mol. The minimum atomic E-state index is 0.342. The predicted molar refractivity (Wildman–Crippen MR) is 99.0 cm³/mol. The van der Waals surface area contributed by atoms with Gasteiger partial charge in [0, 0.05) is 50.1 Å². The molecule has 138 valence electrons. The molecule has 0 N–H and O–H groups in total. The molecule has 1 aromatic rings. The molecule has 4 heteroatoms. The average Bonchev–Trinajstić information content (AvgIpc) is 3.03. The fourth-order valence-corrected chi connectivity index (χ4v) is 5.11. The number of Topliss-reactive ketones (excluding diaryl/α,β-unsaturated/α-hetero) is 1. The van der Waals surface area contributed by atoms with E-state index in [2.05, 4.69) is 29.5 Å². The van der Waals surface area contributed by atoms with Crippen molar-refractivity contribution in [3.63, 3.8) is 0 Å². The summed E-state index contributed by atoms with van der Waals surface area (Å²) in [5.74, 6) is 1.96. The number of morpholine rings is 1. The lowest BCUT2D eigenvalue weighted by molar-refractivity contribution is -0.0616. The van der Waals surface area contributed by atoms with Crippen molar-refractivity contribution in [1.82, 2.24) is 9.47 Å². The molecule has 0 aromatic carbocycles. The molecule has 0 radical (unpaired) electrons. The lowest BCUT2D eigenvalue weighted by Gasteiger charge is -2.54. The van der Waals surface area contributed by atoms with Gasteiger partial charge in [-0.15, -0.1) is 0 Å². The number of fused-ring (bicyclic) bond motifs is 1. The zero-order chi connectivity index (χ0) is 17.4. The first-order chi connectivity index (χ1) is 12.1. The van der Waals surface area contributed by atoms with Gasteiger partial charge in [0.15, 0.2) is 5.78 Å². The van der Waals surface area contributed by atoms with Crippen molar-refractivity contribution < 1.29 is 9.53 Å².